The highest BCUT2D eigenvalue weighted by atomic mass is 16.1. The van der Waals surface area contributed by atoms with Crippen LogP contribution in [-0.4, -0.2) is 12.5 Å². The Morgan fingerprint density at radius 2 is 2.00 bits per heavy atom. The number of hydrogen-bond donors (Lipinski definition) is 1. The number of rotatable bonds is 5. The molecule has 2 nitrogen and oxygen atoms in total. The van der Waals surface area contributed by atoms with Gasteiger partial charge in [-0.15, -0.1) is 0 Å². The number of nitrogens with one attached hydrogen (secondary N) is 1. The molecule has 1 unspecified atom stereocenters. The molecule has 1 N–H and O–H groups in total. The number of carbonyl (C=O) groups is 1. The van der Waals surface area contributed by atoms with Crippen molar-refractivity contribution >= 4 is 5.91 Å². The molecule has 1 aromatic carbocycles. The van der Waals surface area contributed by atoms with Crippen molar-refractivity contribution in [2.45, 2.75) is 26.7 Å². The maximum Gasteiger partial charge on any atom is 0.223 e. The molecule has 1 aromatic rings. The Balaban J connectivity index is 2.41. The summed E-state index contributed by atoms with van der Waals surface area (Å²) in [5, 5.41) is 2.91. The smallest absolute Gasteiger partial charge is 0.223 e. The van der Waals surface area contributed by atoms with E-state index in [9.17, 15) is 4.79 Å². The lowest BCUT2D eigenvalue weighted by molar-refractivity contribution is -0.124. The van der Waals surface area contributed by atoms with Crippen LogP contribution in [0.1, 0.15) is 25.8 Å². The van der Waals surface area contributed by atoms with Crippen molar-refractivity contribution in [2.75, 3.05) is 6.54 Å². The molecule has 2 heteroatoms. The van der Waals surface area contributed by atoms with Gasteiger partial charge in [-0.2, -0.15) is 0 Å². The molecule has 0 saturated carbocycles. The Labute approximate surface area is 91.7 Å². The minimum atomic E-state index is 0.0546. The molecule has 0 aliphatic carbocycles. The minimum Gasteiger partial charge on any atom is -0.356 e. The van der Waals surface area contributed by atoms with E-state index in [4.69, 9.17) is 0 Å². The summed E-state index contributed by atoms with van der Waals surface area (Å²) < 4.78 is 0. The summed E-state index contributed by atoms with van der Waals surface area (Å²) in [5.74, 6) is 0.208. The van der Waals surface area contributed by atoms with Gasteiger partial charge in [-0.05, 0) is 18.4 Å². The molecule has 0 radical (unpaired) electrons. The molecule has 0 aliphatic rings. The van der Waals surface area contributed by atoms with E-state index in [1.807, 2.05) is 25.1 Å². The summed E-state index contributed by atoms with van der Waals surface area (Å²) in [6, 6.07) is 10.1. The third kappa shape index (κ3) is 4.15. The summed E-state index contributed by atoms with van der Waals surface area (Å²) >= 11 is 0. The van der Waals surface area contributed by atoms with Gasteiger partial charge >= 0.3 is 0 Å². The van der Waals surface area contributed by atoms with Crippen LogP contribution in [0.5, 0.6) is 0 Å². The average Bonchev–Trinajstić information content (AvgIpc) is 2.27. The molecule has 82 valence electrons. The van der Waals surface area contributed by atoms with E-state index in [0.29, 0.717) is 0 Å². The van der Waals surface area contributed by atoms with Crippen LogP contribution in [0.25, 0.3) is 0 Å². The summed E-state index contributed by atoms with van der Waals surface area (Å²) in [6.07, 6.45) is 1.81. The van der Waals surface area contributed by atoms with E-state index < -0.39 is 0 Å². The predicted octanol–water partition coefficient (Wildman–Crippen LogP) is 2.39. The van der Waals surface area contributed by atoms with Crippen LogP contribution in [-0.2, 0) is 11.2 Å². The Morgan fingerprint density at radius 1 is 1.33 bits per heavy atom. The topological polar surface area (TPSA) is 29.1 Å². The minimum absolute atomic E-state index is 0.0546. The Morgan fingerprint density at radius 3 is 2.60 bits per heavy atom. The molecular formula is C13H19NO. The molecule has 1 atom stereocenters. The molecule has 0 bridgehead atoms. The first kappa shape index (κ1) is 11.8. The second-order valence-corrected chi connectivity index (χ2v) is 3.88. The van der Waals surface area contributed by atoms with Crippen LogP contribution in [0.4, 0.5) is 0 Å². The summed E-state index contributed by atoms with van der Waals surface area (Å²) in [7, 11) is 0. The molecule has 1 amide bonds. The molecule has 0 fully saturated rings. The van der Waals surface area contributed by atoms with Gasteiger partial charge in [0.1, 0.15) is 0 Å². The first-order chi connectivity index (χ1) is 7.24. The van der Waals surface area contributed by atoms with Gasteiger partial charge in [0.2, 0.25) is 5.91 Å². The van der Waals surface area contributed by atoms with E-state index in [0.717, 1.165) is 19.4 Å². The van der Waals surface area contributed by atoms with Crippen molar-refractivity contribution in [1.29, 1.82) is 0 Å². The summed E-state index contributed by atoms with van der Waals surface area (Å²) in [5.41, 5.74) is 1.22. The third-order valence-electron chi connectivity index (χ3n) is 2.38. The zero-order valence-corrected chi connectivity index (χ0v) is 9.49. The highest BCUT2D eigenvalue weighted by Crippen LogP contribution is 2.07. The van der Waals surface area contributed by atoms with E-state index in [2.05, 4.69) is 24.4 Å². The quantitative estimate of drug-likeness (QED) is 0.785. The van der Waals surface area contributed by atoms with Crippen molar-refractivity contribution in [3.63, 3.8) is 0 Å². The fourth-order valence-electron chi connectivity index (χ4n) is 1.48. The van der Waals surface area contributed by atoms with Gasteiger partial charge in [-0.3, -0.25) is 4.79 Å². The van der Waals surface area contributed by atoms with Crippen LogP contribution >= 0.6 is 0 Å². The third-order valence-corrected chi connectivity index (χ3v) is 2.38. The fraction of sp³-hybridized carbons (Fsp3) is 0.462. The second-order valence-electron chi connectivity index (χ2n) is 3.88. The molecule has 0 aromatic heterocycles. The SMILES string of the molecule is CCCNC(=O)C(C)Cc1ccccc1. The summed E-state index contributed by atoms with van der Waals surface area (Å²) in [6.45, 7) is 4.80. The first-order valence-electron chi connectivity index (χ1n) is 5.55. The lowest BCUT2D eigenvalue weighted by atomic mass is 10.0. The van der Waals surface area contributed by atoms with Crippen LogP contribution in [0.3, 0.4) is 0 Å². The number of benzene rings is 1. The molecule has 0 heterocycles. The maximum atomic E-state index is 11.6. The normalized spacial score (nSPS) is 12.1. The maximum absolute atomic E-state index is 11.6. The predicted molar refractivity (Wildman–Crippen MR) is 62.6 cm³/mol. The largest absolute Gasteiger partial charge is 0.356 e. The van der Waals surface area contributed by atoms with E-state index in [1.165, 1.54) is 5.56 Å². The second kappa shape index (κ2) is 6.23. The Hall–Kier alpha value is -1.31. The van der Waals surface area contributed by atoms with Gasteiger partial charge in [0.05, 0.1) is 0 Å². The lowest BCUT2D eigenvalue weighted by Gasteiger charge is -2.11. The zero-order chi connectivity index (χ0) is 11.1. The number of amides is 1. The molecule has 0 aliphatic heterocycles. The van der Waals surface area contributed by atoms with Crippen molar-refractivity contribution in [3.05, 3.63) is 35.9 Å². The summed E-state index contributed by atoms with van der Waals surface area (Å²) in [4.78, 5) is 11.6. The molecule has 15 heavy (non-hydrogen) atoms. The Kier molecular flexibility index (Phi) is 4.88. The molecule has 1 rings (SSSR count). The van der Waals surface area contributed by atoms with Gasteiger partial charge in [-0.1, -0.05) is 44.2 Å². The van der Waals surface area contributed by atoms with Gasteiger partial charge in [0.15, 0.2) is 0 Å². The van der Waals surface area contributed by atoms with Crippen LogP contribution in [0.15, 0.2) is 30.3 Å². The number of hydrogen-bond acceptors (Lipinski definition) is 1. The molecular weight excluding hydrogens is 186 g/mol. The van der Waals surface area contributed by atoms with Gasteiger partial charge in [0.25, 0.3) is 0 Å². The standard InChI is InChI=1S/C13H19NO/c1-3-9-14-13(15)11(2)10-12-7-5-4-6-8-12/h4-8,11H,3,9-10H2,1-2H3,(H,14,15). The van der Waals surface area contributed by atoms with Crippen LogP contribution in [0.2, 0.25) is 0 Å². The van der Waals surface area contributed by atoms with Gasteiger partial charge in [-0.25, -0.2) is 0 Å². The van der Waals surface area contributed by atoms with Crippen molar-refractivity contribution in [3.8, 4) is 0 Å². The monoisotopic (exact) mass is 205 g/mol. The van der Waals surface area contributed by atoms with Crippen molar-refractivity contribution in [1.82, 2.24) is 5.32 Å². The number of carbonyl (C=O) groups excluding carboxylic acids is 1. The van der Waals surface area contributed by atoms with E-state index >= 15 is 0 Å². The first-order valence-corrected chi connectivity index (χ1v) is 5.55. The average molecular weight is 205 g/mol. The highest BCUT2D eigenvalue weighted by Gasteiger charge is 2.11. The van der Waals surface area contributed by atoms with Crippen molar-refractivity contribution in [2.24, 2.45) is 5.92 Å². The fourth-order valence-corrected chi connectivity index (χ4v) is 1.48. The van der Waals surface area contributed by atoms with Gasteiger partial charge < -0.3 is 5.32 Å². The van der Waals surface area contributed by atoms with Crippen LogP contribution in [0, 0.1) is 5.92 Å². The Bertz CT molecular complexity index is 295. The van der Waals surface area contributed by atoms with Crippen molar-refractivity contribution < 1.29 is 4.79 Å². The van der Waals surface area contributed by atoms with Crippen LogP contribution < -0.4 is 5.32 Å². The molecule has 0 spiro atoms. The van der Waals surface area contributed by atoms with E-state index in [1.54, 1.807) is 0 Å². The van der Waals surface area contributed by atoms with E-state index in [-0.39, 0.29) is 11.8 Å². The zero-order valence-electron chi connectivity index (χ0n) is 9.49. The van der Waals surface area contributed by atoms with Gasteiger partial charge in [0, 0.05) is 12.5 Å². The lowest BCUT2D eigenvalue weighted by Crippen LogP contribution is -2.30. The highest BCUT2D eigenvalue weighted by molar-refractivity contribution is 5.78. The molecule has 0 saturated heterocycles.